The van der Waals surface area contributed by atoms with E-state index in [9.17, 15) is 4.79 Å². The zero-order valence-electron chi connectivity index (χ0n) is 11.3. The first-order valence-corrected chi connectivity index (χ1v) is 6.76. The predicted molar refractivity (Wildman–Crippen MR) is 72.1 cm³/mol. The van der Waals surface area contributed by atoms with Crippen LogP contribution in [0.5, 0.6) is 0 Å². The lowest BCUT2D eigenvalue weighted by molar-refractivity contribution is -0.130. The maximum atomic E-state index is 12.4. The molecule has 4 heteroatoms. The van der Waals surface area contributed by atoms with Gasteiger partial charge in [0.1, 0.15) is 0 Å². The Kier molecular flexibility index (Phi) is 4.07. The number of carbonyl (C=O) groups is 1. The lowest BCUT2D eigenvalue weighted by Crippen LogP contribution is -2.42. The van der Waals surface area contributed by atoms with Crippen LogP contribution >= 0.6 is 0 Å². The maximum Gasteiger partial charge on any atom is 0.227 e. The van der Waals surface area contributed by atoms with Gasteiger partial charge < -0.3 is 15.2 Å². The van der Waals surface area contributed by atoms with Crippen LogP contribution in [0.3, 0.4) is 0 Å². The highest BCUT2D eigenvalue weighted by Crippen LogP contribution is 2.31. The van der Waals surface area contributed by atoms with E-state index in [-0.39, 0.29) is 11.3 Å². The third-order valence-corrected chi connectivity index (χ3v) is 3.80. The number of hydrogen-bond acceptors (Lipinski definition) is 2. The number of aryl methyl sites for hydroxylation is 1. The molecule has 1 aliphatic rings. The van der Waals surface area contributed by atoms with Crippen molar-refractivity contribution in [1.82, 2.24) is 15.2 Å². The molecule has 1 fully saturated rings. The number of carbonyl (C=O) groups excluding carboxylic acids is 1. The van der Waals surface area contributed by atoms with Crippen molar-refractivity contribution >= 4 is 5.91 Å². The van der Waals surface area contributed by atoms with E-state index < -0.39 is 0 Å². The van der Waals surface area contributed by atoms with Crippen molar-refractivity contribution in [1.29, 1.82) is 0 Å². The summed E-state index contributed by atoms with van der Waals surface area (Å²) < 4.78 is 2.00. The summed E-state index contributed by atoms with van der Waals surface area (Å²) in [5.41, 5.74) is 0.979. The maximum absolute atomic E-state index is 12.4. The fourth-order valence-electron chi connectivity index (χ4n) is 2.78. The average molecular weight is 249 g/mol. The van der Waals surface area contributed by atoms with E-state index >= 15 is 0 Å². The zero-order valence-corrected chi connectivity index (χ0v) is 11.3. The first-order chi connectivity index (χ1) is 8.66. The molecule has 1 aliphatic heterocycles. The summed E-state index contributed by atoms with van der Waals surface area (Å²) in [7, 11) is 1.99. The molecule has 0 spiro atoms. The number of nitrogens with one attached hydrogen (secondary N) is 2. The molecule has 4 nitrogen and oxygen atoms in total. The van der Waals surface area contributed by atoms with E-state index in [1.165, 1.54) is 0 Å². The van der Waals surface area contributed by atoms with Gasteiger partial charge in [-0.05, 0) is 31.0 Å². The molecule has 18 heavy (non-hydrogen) atoms. The zero-order chi connectivity index (χ0) is 13.0. The van der Waals surface area contributed by atoms with Crippen molar-refractivity contribution in [2.75, 3.05) is 13.1 Å². The molecule has 0 radical (unpaired) electrons. The summed E-state index contributed by atoms with van der Waals surface area (Å²) in [6.07, 6.45) is 7.03. The molecule has 1 unspecified atom stereocenters. The lowest BCUT2D eigenvalue weighted by atomic mass is 9.81. The van der Waals surface area contributed by atoms with Gasteiger partial charge in [-0.25, -0.2) is 0 Å². The van der Waals surface area contributed by atoms with Crippen LogP contribution in [-0.4, -0.2) is 23.6 Å². The minimum atomic E-state index is -0.177. The van der Waals surface area contributed by atoms with Crippen LogP contribution in [0.25, 0.3) is 0 Å². The number of aromatic nitrogens is 1. The van der Waals surface area contributed by atoms with Gasteiger partial charge in [-0.1, -0.05) is 13.3 Å². The van der Waals surface area contributed by atoms with Gasteiger partial charge in [-0.3, -0.25) is 4.79 Å². The summed E-state index contributed by atoms with van der Waals surface area (Å²) >= 11 is 0. The molecule has 1 aromatic rings. The molecule has 0 bridgehead atoms. The lowest BCUT2D eigenvalue weighted by Gasteiger charge is -2.26. The average Bonchev–Trinajstić information content (AvgIpc) is 2.97. The van der Waals surface area contributed by atoms with Gasteiger partial charge in [0.2, 0.25) is 5.91 Å². The molecule has 1 saturated heterocycles. The molecule has 1 atom stereocenters. The first-order valence-electron chi connectivity index (χ1n) is 6.76. The highest BCUT2D eigenvalue weighted by molar-refractivity contribution is 5.83. The van der Waals surface area contributed by atoms with Gasteiger partial charge >= 0.3 is 0 Å². The summed E-state index contributed by atoms with van der Waals surface area (Å²) in [5.74, 6) is 0.207. The Bertz CT molecular complexity index is 405. The van der Waals surface area contributed by atoms with Crippen molar-refractivity contribution in [3.05, 3.63) is 24.0 Å². The number of rotatable bonds is 5. The smallest absolute Gasteiger partial charge is 0.227 e. The Morgan fingerprint density at radius 2 is 2.44 bits per heavy atom. The van der Waals surface area contributed by atoms with Gasteiger partial charge in [0.25, 0.3) is 0 Å². The van der Waals surface area contributed by atoms with Gasteiger partial charge in [0.15, 0.2) is 0 Å². The Labute approximate surface area is 109 Å². The summed E-state index contributed by atoms with van der Waals surface area (Å²) in [6, 6.07) is 2.04. The molecule has 1 aromatic heterocycles. The molecular formula is C14H23N3O. The van der Waals surface area contributed by atoms with Crippen molar-refractivity contribution in [2.24, 2.45) is 12.5 Å². The van der Waals surface area contributed by atoms with Gasteiger partial charge in [0, 0.05) is 32.5 Å². The van der Waals surface area contributed by atoms with Crippen LogP contribution in [0.2, 0.25) is 0 Å². The number of hydrogen-bond donors (Lipinski definition) is 2. The highest BCUT2D eigenvalue weighted by atomic mass is 16.2. The molecule has 1 amide bonds. The van der Waals surface area contributed by atoms with Gasteiger partial charge in [0.05, 0.1) is 5.41 Å². The summed E-state index contributed by atoms with van der Waals surface area (Å²) in [6.45, 7) is 4.55. The molecule has 0 aliphatic carbocycles. The Hall–Kier alpha value is -1.29. The minimum absolute atomic E-state index is 0.177. The van der Waals surface area contributed by atoms with Crippen molar-refractivity contribution in [3.8, 4) is 0 Å². The van der Waals surface area contributed by atoms with E-state index in [0.29, 0.717) is 6.54 Å². The van der Waals surface area contributed by atoms with Crippen LogP contribution in [0, 0.1) is 5.41 Å². The first kappa shape index (κ1) is 13.1. The Morgan fingerprint density at radius 1 is 1.61 bits per heavy atom. The van der Waals surface area contributed by atoms with E-state index in [1.54, 1.807) is 0 Å². The second-order valence-corrected chi connectivity index (χ2v) is 5.33. The number of nitrogens with zero attached hydrogens (tertiary/aromatic N) is 1. The van der Waals surface area contributed by atoms with Crippen LogP contribution in [0.4, 0.5) is 0 Å². The second kappa shape index (κ2) is 5.57. The van der Waals surface area contributed by atoms with Gasteiger partial charge in [-0.2, -0.15) is 0 Å². The summed E-state index contributed by atoms with van der Waals surface area (Å²) in [5, 5.41) is 6.40. The Balaban J connectivity index is 1.93. The SMILES string of the molecule is CCCC1(C(=O)NCc2ccn(C)c2)CCNC1. The van der Waals surface area contributed by atoms with E-state index in [4.69, 9.17) is 0 Å². The molecule has 100 valence electrons. The minimum Gasteiger partial charge on any atom is -0.357 e. The monoisotopic (exact) mass is 249 g/mol. The van der Waals surface area contributed by atoms with E-state index in [2.05, 4.69) is 17.6 Å². The molecule has 2 heterocycles. The normalized spacial score (nSPS) is 23.2. The van der Waals surface area contributed by atoms with Crippen molar-refractivity contribution < 1.29 is 4.79 Å². The standard InChI is InChI=1S/C14H23N3O/c1-3-5-14(6-7-15-11-14)13(18)16-9-12-4-8-17(2)10-12/h4,8,10,15H,3,5-7,9,11H2,1-2H3,(H,16,18). The third-order valence-electron chi connectivity index (χ3n) is 3.80. The molecule has 2 N–H and O–H groups in total. The van der Waals surface area contributed by atoms with Crippen molar-refractivity contribution in [3.63, 3.8) is 0 Å². The molecule has 2 rings (SSSR count). The largest absolute Gasteiger partial charge is 0.357 e. The third kappa shape index (κ3) is 2.75. The van der Waals surface area contributed by atoms with Gasteiger partial charge in [-0.15, -0.1) is 0 Å². The van der Waals surface area contributed by atoms with Crippen molar-refractivity contribution in [2.45, 2.75) is 32.7 Å². The van der Waals surface area contributed by atoms with Crippen LogP contribution < -0.4 is 10.6 Å². The Morgan fingerprint density at radius 3 is 3.00 bits per heavy atom. The second-order valence-electron chi connectivity index (χ2n) is 5.33. The summed E-state index contributed by atoms with van der Waals surface area (Å²) in [4.78, 5) is 12.4. The molecule has 0 saturated carbocycles. The molecular weight excluding hydrogens is 226 g/mol. The topological polar surface area (TPSA) is 46.1 Å². The van der Waals surface area contributed by atoms with Crippen LogP contribution in [0.1, 0.15) is 31.7 Å². The predicted octanol–water partition coefficient (Wildman–Crippen LogP) is 1.42. The highest BCUT2D eigenvalue weighted by Gasteiger charge is 2.39. The van der Waals surface area contributed by atoms with E-state index in [1.807, 2.05) is 30.1 Å². The fourth-order valence-corrected chi connectivity index (χ4v) is 2.78. The van der Waals surface area contributed by atoms with E-state index in [0.717, 1.165) is 37.9 Å². The molecule has 0 aromatic carbocycles. The van der Waals surface area contributed by atoms with Crippen LogP contribution in [0.15, 0.2) is 18.5 Å². The number of amides is 1. The fraction of sp³-hybridized carbons (Fsp3) is 0.643. The van der Waals surface area contributed by atoms with Crippen LogP contribution in [-0.2, 0) is 18.4 Å². The quantitative estimate of drug-likeness (QED) is 0.829.